The smallest absolute Gasteiger partial charge is 0.259 e. The van der Waals surface area contributed by atoms with Gasteiger partial charge in [-0.05, 0) is 31.0 Å². The van der Waals surface area contributed by atoms with Crippen LogP contribution in [0.1, 0.15) is 12.8 Å². The number of piperidine rings is 1. The van der Waals surface area contributed by atoms with Gasteiger partial charge in [0.05, 0.1) is 0 Å². The number of nitrogens with zero attached hydrogens (tertiary/aromatic N) is 2. The maximum absolute atomic E-state index is 12.0. The minimum absolute atomic E-state index is 0.0319. The lowest BCUT2D eigenvalue weighted by atomic mass is 10.1. The van der Waals surface area contributed by atoms with Crippen molar-refractivity contribution < 1.29 is 8.42 Å². The third kappa shape index (κ3) is 2.98. The Morgan fingerprint density at radius 3 is 2.94 bits per heavy atom. The van der Waals surface area contributed by atoms with E-state index in [1.54, 1.807) is 7.05 Å². The van der Waals surface area contributed by atoms with E-state index in [1.807, 2.05) is 0 Å². The molecule has 96 valence electrons. The Labute approximate surface area is 105 Å². The van der Waals surface area contributed by atoms with Crippen molar-refractivity contribution in [1.29, 1.82) is 0 Å². The highest BCUT2D eigenvalue weighted by Gasteiger charge is 2.24. The van der Waals surface area contributed by atoms with E-state index >= 15 is 0 Å². The number of sulfonamides is 1. The van der Waals surface area contributed by atoms with Crippen LogP contribution < -0.4 is 10.0 Å². The molecule has 0 aromatic carbocycles. The molecule has 1 aromatic heterocycles. The first-order chi connectivity index (χ1) is 7.99. The summed E-state index contributed by atoms with van der Waals surface area (Å²) in [7, 11) is -1.92. The van der Waals surface area contributed by atoms with E-state index in [9.17, 15) is 8.42 Å². The highest BCUT2D eigenvalue weighted by atomic mass is 35.5. The van der Waals surface area contributed by atoms with Gasteiger partial charge in [0, 0.05) is 25.8 Å². The quantitative estimate of drug-likeness (QED) is 0.822. The molecule has 17 heavy (non-hydrogen) atoms. The molecule has 1 aliphatic rings. The lowest BCUT2D eigenvalue weighted by Gasteiger charge is -2.22. The van der Waals surface area contributed by atoms with Gasteiger partial charge in [-0.15, -0.1) is 0 Å². The molecule has 2 rings (SSSR count). The number of hydrogen-bond acceptors (Lipinski definition) is 4. The summed E-state index contributed by atoms with van der Waals surface area (Å²) in [5.74, 6) is 0. The van der Waals surface area contributed by atoms with Crippen LogP contribution in [0.2, 0.25) is 5.28 Å². The zero-order valence-corrected chi connectivity index (χ0v) is 11.1. The molecule has 0 unspecified atom stereocenters. The number of halogens is 1. The van der Waals surface area contributed by atoms with Crippen molar-refractivity contribution in [2.45, 2.75) is 23.9 Å². The number of aryl methyl sites for hydroxylation is 1. The normalized spacial score (nSPS) is 21.6. The van der Waals surface area contributed by atoms with Crippen molar-refractivity contribution in [3.05, 3.63) is 11.5 Å². The highest BCUT2D eigenvalue weighted by Crippen LogP contribution is 2.13. The molecule has 1 aliphatic heterocycles. The lowest BCUT2D eigenvalue weighted by molar-refractivity contribution is 0.428. The van der Waals surface area contributed by atoms with Crippen LogP contribution in [-0.4, -0.2) is 37.1 Å². The van der Waals surface area contributed by atoms with Crippen molar-refractivity contribution in [3.8, 4) is 0 Å². The fourth-order valence-corrected chi connectivity index (χ4v) is 3.23. The fraction of sp³-hybridized carbons (Fsp3) is 0.667. The first-order valence-electron chi connectivity index (χ1n) is 5.41. The summed E-state index contributed by atoms with van der Waals surface area (Å²) in [6, 6.07) is -0.0745. The Bertz CT molecular complexity index is 474. The Morgan fingerprint density at radius 2 is 2.41 bits per heavy atom. The maximum Gasteiger partial charge on any atom is 0.259 e. The van der Waals surface area contributed by atoms with Gasteiger partial charge in [-0.2, -0.15) is 0 Å². The van der Waals surface area contributed by atoms with Gasteiger partial charge in [-0.1, -0.05) is 0 Å². The predicted octanol–water partition coefficient (Wildman–Crippen LogP) is 0.104. The van der Waals surface area contributed by atoms with Crippen molar-refractivity contribution in [1.82, 2.24) is 19.6 Å². The van der Waals surface area contributed by atoms with Crippen LogP contribution in [0.3, 0.4) is 0 Å². The van der Waals surface area contributed by atoms with Gasteiger partial charge in [-0.3, -0.25) is 0 Å². The summed E-state index contributed by atoms with van der Waals surface area (Å²) in [5.41, 5.74) is 0. The van der Waals surface area contributed by atoms with Crippen LogP contribution in [0.15, 0.2) is 11.2 Å². The van der Waals surface area contributed by atoms with Crippen LogP contribution in [0.4, 0.5) is 0 Å². The fourth-order valence-electron chi connectivity index (χ4n) is 1.78. The number of aromatic nitrogens is 2. The van der Waals surface area contributed by atoms with Crippen molar-refractivity contribution >= 4 is 21.6 Å². The monoisotopic (exact) mass is 278 g/mol. The predicted molar refractivity (Wildman–Crippen MR) is 64.4 cm³/mol. The van der Waals surface area contributed by atoms with E-state index in [-0.39, 0.29) is 16.4 Å². The maximum atomic E-state index is 12.0. The molecular weight excluding hydrogens is 264 g/mol. The van der Waals surface area contributed by atoms with Gasteiger partial charge in [-0.25, -0.2) is 18.1 Å². The molecule has 6 nitrogen and oxygen atoms in total. The average Bonchev–Trinajstić information content (AvgIpc) is 2.61. The molecule has 1 aromatic rings. The summed E-state index contributed by atoms with van der Waals surface area (Å²) < 4.78 is 28.1. The van der Waals surface area contributed by atoms with Crippen LogP contribution >= 0.6 is 11.6 Å². The summed E-state index contributed by atoms with van der Waals surface area (Å²) in [5, 5.41) is 3.27. The first-order valence-corrected chi connectivity index (χ1v) is 7.27. The van der Waals surface area contributed by atoms with Crippen LogP contribution in [-0.2, 0) is 17.1 Å². The van der Waals surface area contributed by atoms with Crippen LogP contribution in [0.25, 0.3) is 0 Å². The average molecular weight is 279 g/mol. The van der Waals surface area contributed by atoms with Gasteiger partial charge in [0.25, 0.3) is 10.0 Å². The number of imidazole rings is 1. The highest BCUT2D eigenvalue weighted by molar-refractivity contribution is 7.89. The third-order valence-corrected chi connectivity index (χ3v) is 4.43. The van der Waals surface area contributed by atoms with Crippen LogP contribution in [0, 0.1) is 0 Å². The van der Waals surface area contributed by atoms with Gasteiger partial charge in [0.1, 0.15) is 0 Å². The minimum atomic E-state index is -3.57. The van der Waals surface area contributed by atoms with E-state index in [1.165, 1.54) is 10.8 Å². The Hall–Kier alpha value is -0.630. The standard InChI is InChI=1S/C9H15ClN4O2S/c1-14-6-8(12-9(14)10)17(15,16)13-7-3-2-4-11-5-7/h6-7,11,13H,2-5H2,1H3/t7-/m1/s1. The lowest BCUT2D eigenvalue weighted by Crippen LogP contribution is -2.45. The second-order valence-electron chi connectivity index (χ2n) is 4.12. The van der Waals surface area contributed by atoms with Crippen LogP contribution in [0.5, 0.6) is 0 Å². The van der Waals surface area contributed by atoms with Crippen molar-refractivity contribution in [3.63, 3.8) is 0 Å². The van der Waals surface area contributed by atoms with Gasteiger partial charge < -0.3 is 9.88 Å². The van der Waals surface area contributed by atoms with E-state index < -0.39 is 10.0 Å². The van der Waals surface area contributed by atoms with Gasteiger partial charge >= 0.3 is 0 Å². The Balaban J connectivity index is 2.12. The van der Waals surface area contributed by atoms with E-state index in [0.29, 0.717) is 6.54 Å². The molecule has 0 bridgehead atoms. The molecule has 1 saturated heterocycles. The third-order valence-electron chi connectivity index (χ3n) is 2.69. The molecule has 0 radical (unpaired) electrons. The zero-order valence-electron chi connectivity index (χ0n) is 9.48. The number of nitrogens with one attached hydrogen (secondary N) is 2. The summed E-state index contributed by atoms with van der Waals surface area (Å²) in [6.07, 6.45) is 3.21. The van der Waals surface area contributed by atoms with E-state index in [0.717, 1.165) is 19.4 Å². The van der Waals surface area contributed by atoms with Gasteiger partial charge in [0.2, 0.25) is 5.28 Å². The van der Waals surface area contributed by atoms with Crippen molar-refractivity contribution in [2.75, 3.05) is 13.1 Å². The summed E-state index contributed by atoms with van der Waals surface area (Å²) >= 11 is 5.73. The molecule has 8 heteroatoms. The number of rotatable bonds is 3. The molecule has 0 spiro atoms. The minimum Gasteiger partial charge on any atom is -0.323 e. The van der Waals surface area contributed by atoms with E-state index in [4.69, 9.17) is 11.6 Å². The molecule has 0 saturated carbocycles. The second kappa shape index (κ2) is 4.93. The van der Waals surface area contributed by atoms with Gasteiger partial charge in [0.15, 0.2) is 5.03 Å². The summed E-state index contributed by atoms with van der Waals surface area (Å²) in [4.78, 5) is 3.80. The Morgan fingerprint density at radius 1 is 1.65 bits per heavy atom. The first kappa shape index (κ1) is 12.8. The topological polar surface area (TPSA) is 76.0 Å². The largest absolute Gasteiger partial charge is 0.323 e. The molecule has 0 aliphatic carbocycles. The molecular formula is C9H15ClN4O2S. The summed E-state index contributed by atoms with van der Waals surface area (Å²) in [6.45, 7) is 1.59. The SMILES string of the molecule is Cn1cc(S(=O)(=O)N[C@@H]2CCCNC2)nc1Cl. The molecule has 1 atom stereocenters. The molecule has 2 heterocycles. The van der Waals surface area contributed by atoms with E-state index in [2.05, 4.69) is 15.0 Å². The Kier molecular flexibility index (Phi) is 3.72. The zero-order chi connectivity index (χ0) is 12.5. The number of hydrogen-bond donors (Lipinski definition) is 2. The molecule has 1 fully saturated rings. The molecule has 0 amide bonds. The molecule has 2 N–H and O–H groups in total. The second-order valence-corrected chi connectivity index (χ2v) is 6.12. The van der Waals surface area contributed by atoms with Crippen molar-refractivity contribution in [2.24, 2.45) is 7.05 Å².